The maximum Gasteiger partial charge on any atom is 0.122 e. The van der Waals surface area contributed by atoms with E-state index in [9.17, 15) is 5.26 Å². The lowest BCUT2D eigenvalue weighted by atomic mass is 9.92. The second kappa shape index (κ2) is 6.21. The summed E-state index contributed by atoms with van der Waals surface area (Å²) in [5, 5.41) is 12.9. The molecule has 2 aliphatic rings. The molecule has 4 nitrogen and oxygen atoms in total. The van der Waals surface area contributed by atoms with Crippen molar-refractivity contribution in [2.24, 2.45) is 5.92 Å². The van der Waals surface area contributed by atoms with Gasteiger partial charge in [-0.1, -0.05) is 6.92 Å². The number of piperidine rings is 1. The molecule has 1 unspecified atom stereocenters. The molecular formula is C15H28N4. The SMILES string of the molecule is CCN1CCC(N(C)CC(C#N)(NC)C2CC2)CC1. The van der Waals surface area contributed by atoms with Crippen LogP contribution in [0.25, 0.3) is 0 Å². The molecule has 1 saturated carbocycles. The van der Waals surface area contributed by atoms with Gasteiger partial charge in [-0.05, 0) is 65.3 Å². The lowest BCUT2D eigenvalue weighted by Crippen LogP contribution is -2.55. The van der Waals surface area contributed by atoms with Crippen LogP contribution in [0.2, 0.25) is 0 Å². The van der Waals surface area contributed by atoms with Crippen LogP contribution in [-0.2, 0) is 0 Å². The number of hydrogen-bond donors (Lipinski definition) is 1. The average molecular weight is 264 g/mol. The lowest BCUT2D eigenvalue weighted by molar-refractivity contribution is 0.110. The van der Waals surface area contributed by atoms with Crippen molar-refractivity contribution in [3.63, 3.8) is 0 Å². The van der Waals surface area contributed by atoms with E-state index in [1.54, 1.807) is 0 Å². The van der Waals surface area contributed by atoms with Crippen molar-refractivity contribution in [3.8, 4) is 6.07 Å². The Morgan fingerprint density at radius 2 is 1.95 bits per heavy atom. The first kappa shape index (κ1) is 14.8. The van der Waals surface area contributed by atoms with Crippen LogP contribution in [0.3, 0.4) is 0 Å². The topological polar surface area (TPSA) is 42.3 Å². The molecule has 0 aromatic carbocycles. The summed E-state index contributed by atoms with van der Waals surface area (Å²) < 4.78 is 0. The number of nitrogens with zero attached hydrogens (tertiary/aromatic N) is 3. The van der Waals surface area contributed by atoms with Crippen LogP contribution >= 0.6 is 0 Å². The first-order valence-corrected chi connectivity index (χ1v) is 7.68. The molecule has 2 fully saturated rings. The van der Waals surface area contributed by atoms with Crippen molar-refractivity contribution in [2.45, 2.75) is 44.2 Å². The monoisotopic (exact) mass is 264 g/mol. The standard InChI is InChI=1S/C15H28N4/c1-4-19-9-7-14(8-10-19)18(3)12-15(11-16,17-2)13-5-6-13/h13-14,17H,4-10,12H2,1-3H3. The number of rotatable bonds is 6. The highest BCUT2D eigenvalue weighted by Crippen LogP contribution is 2.40. The molecule has 108 valence electrons. The summed E-state index contributed by atoms with van der Waals surface area (Å²) in [7, 11) is 4.13. The Labute approximate surface area is 117 Å². The number of nitrogens with one attached hydrogen (secondary N) is 1. The molecule has 0 radical (unpaired) electrons. The highest BCUT2D eigenvalue weighted by atomic mass is 15.2. The molecule has 0 aromatic rings. The zero-order valence-corrected chi connectivity index (χ0v) is 12.7. The molecule has 0 spiro atoms. The fraction of sp³-hybridized carbons (Fsp3) is 0.933. The van der Waals surface area contributed by atoms with Crippen LogP contribution < -0.4 is 5.32 Å². The summed E-state index contributed by atoms with van der Waals surface area (Å²) in [4.78, 5) is 4.94. The molecule has 0 bridgehead atoms. The van der Waals surface area contributed by atoms with Gasteiger partial charge in [0.15, 0.2) is 0 Å². The fourth-order valence-corrected chi connectivity index (χ4v) is 3.37. The molecular weight excluding hydrogens is 236 g/mol. The quantitative estimate of drug-likeness (QED) is 0.785. The summed E-state index contributed by atoms with van der Waals surface area (Å²) in [5.41, 5.74) is -0.323. The van der Waals surface area contributed by atoms with Crippen LogP contribution in [0.1, 0.15) is 32.6 Å². The van der Waals surface area contributed by atoms with Crippen LogP contribution in [0.5, 0.6) is 0 Å². The third-order valence-electron chi connectivity index (χ3n) is 5.05. The van der Waals surface area contributed by atoms with E-state index in [4.69, 9.17) is 0 Å². The second-order valence-electron chi connectivity index (χ2n) is 6.19. The van der Waals surface area contributed by atoms with Gasteiger partial charge in [0, 0.05) is 12.6 Å². The summed E-state index contributed by atoms with van der Waals surface area (Å²) in [6, 6.07) is 3.20. The minimum atomic E-state index is -0.323. The summed E-state index contributed by atoms with van der Waals surface area (Å²) in [6.45, 7) is 6.67. The van der Waals surface area contributed by atoms with Crippen molar-refractivity contribution >= 4 is 0 Å². The highest BCUT2D eigenvalue weighted by Gasteiger charge is 2.46. The minimum Gasteiger partial charge on any atom is -0.303 e. The van der Waals surface area contributed by atoms with Crippen LogP contribution in [-0.4, -0.2) is 61.7 Å². The van der Waals surface area contributed by atoms with E-state index >= 15 is 0 Å². The van der Waals surface area contributed by atoms with Gasteiger partial charge in [0.25, 0.3) is 0 Å². The van der Waals surface area contributed by atoms with E-state index in [-0.39, 0.29) is 5.54 Å². The van der Waals surface area contributed by atoms with Crippen molar-refractivity contribution in [3.05, 3.63) is 0 Å². The molecule has 2 rings (SSSR count). The molecule has 4 heteroatoms. The first-order valence-electron chi connectivity index (χ1n) is 7.68. The Bertz CT molecular complexity index is 326. The van der Waals surface area contributed by atoms with E-state index in [2.05, 4.69) is 35.2 Å². The van der Waals surface area contributed by atoms with Gasteiger partial charge in [-0.3, -0.25) is 0 Å². The number of likely N-dealkylation sites (N-methyl/N-ethyl adjacent to an activating group) is 2. The van der Waals surface area contributed by atoms with Crippen molar-refractivity contribution in [1.29, 1.82) is 5.26 Å². The number of hydrogen-bond acceptors (Lipinski definition) is 4. The molecule has 19 heavy (non-hydrogen) atoms. The van der Waals surface area contributed by atoms with Crippen LogP contribution in [0.15, 0.2) is 0 Å². The van der Waals surface area contributed by atoms with Gasteiger partial charge in [0.2, 0.25) is 0 Å². The van der Waals surface area contributed by atoms with E-state index in [0.29, 0.717) is 12.0 Å². The predicted molar refractivity (Wildman–Crippen MR) is 77.9 cm³/mol. The van der Waals surface area contributed by atoms with Crippen molar-refractivity contribution < 1.29 is 0 Å². The molecule has 1 atom stereocenters. The predicted octanol–water partition coefficient (Wildman–Crippen LogP) is 1.29. The van der Waals surface area contributed by atoms with Gasteiger partial charge in [0.1, 0.15) is 5.54 Å². The number of likely N-dealkylation sites (tertiary alicyclic amines) is 1. The third-order valence-corrected chi connectivity index (χ3v) is 5.05. The van der Waals surface area contributed by atoms with Crippen LogP contribution in [0, 0.1) is 17.2 Å². The van der Waals surface area contributed by atoms with Gasteiger partial charge < -0.3 is 15.1 Å². The van der Waals surface area contributed by atoms with Gasteiger partial charge in [-0.25, -0.2) is 0 Å². The molecule has 1 heterocycles. The Hall–Kier alpha value is -0.630. The van der Waals surface area contributed by atoms with Crippen molar-refractivity contribution in [1.82, 2.24) is 15.1 Å². The third kappa shape index (κ3) is 3.28. The number of nitriles is 1. The van der Waals surface area contributed by atoms with E-state index in [1.165, 1.54) is 38.8 Å². The zero-order chi connectivity index (χ0) is 13.9. The minimum absolute atomic E-state index is 0.323. The van der Waals surface area contributed by atoms with E-state index in [0.717, 1.165) is 13.1 Å². The van der Waals surface area contributed by atoms with E-state index in [1.807, 2.05) is 7.05 Å². The Morgan fingerprint density at radius 3 is 2.37 bits per heavy atom. The highest BCUT2D eigenvalue weighted by molar-refractivity contribution is 5.16. The molecule has 1 aliphatic heterocycles. The van der Waals surface area contributed by atoms with E-state index < -0.39 is 0 Å². The largest absolute Gasteiger partial charge is 0.303 e. The lowest BCUT2D eigenvalue weighted by Gasteiger charge is -2.40. The molecule has 0 amide bonds. The summed E-state index contributed by atoms with van der Waals surface area (Å²) >= 11 is 0. The maximum atomic E-state index is 9.57. The normalized spacial score (nSPS) is 25.2. The van der Waals surface area contributed by atoms with Gasteiger partial charge >= 0.3 is 0 Å². The maximum absolute atomic E-state index is 9.57. The van der Waals surface area contributed by atoms with Gasteiger partial charge in [-0.2, -0.15) is 5.26 Å². The summed E-state index contributed by atoms with van der Waals surface area (Å²) in [6.07, 6.45) is 4.88. The van der Waals surface area contributed by atoms with Crippen LogP contribution in [0.4, 0.5) is 0 Å². The van der Waals surface area contributed by atoms with Gasteiger partial charge in [-0.15, -0.1) is 0 Å². The first-order chi connectivity index (χ1) is 9.15. The molecule has 0 aromatic heterocycles. The Kier molecular flexibility index (Phi) is 4.83. The fourth-order valence-electron chi connectivity index (χ4n) is 3.37. The molecule has 1 saturated heterocycles. The Balaban J connectivity index is 1.89. The second-order valence-corrected chi connectivity index (χ2v) is 6.19. The molecule has 1 N–H and O–H groups in total. The molecule has 1 aliphatic carbocycles. The average Bonchev–Trinajstić information content (AvgIpc) is 3.30. The smallest absolute Gasteiger partial charge is 0.122 e. The summed E-state index contributed by atoms with van der Waals surface area (Å²) in [5.74, 6) is 0.556. The zero-order valence-electron chi connectivity index (χ0n) is 12.7. The Morgan fingerprint density at radius 1 is 1.32 bits per heavy atom. The van der Waals surface area contributed by atoms with Gasteiger partial charge in [0.05, 0.1) is 6.07 Å². The van der Waals surface area contributed by atoms with Crippen molar-refractivity contribution in [2.75, 3.05) is 40.3 Å².